The first-order chi connectivity index (χ1) is 6.97. The molecule has 90 valence electrons. The van der Waals surface area contributed by atoms with Crippen LogP contribution in [-0.2, 0) is 4.74 Å². The third kappa shape index (κ3) is 7.73. The smallest absolute Gasteiger partial charge is 0.0897 e. The first-order valence-electron chi connectivity index (χ1n) is 5.66. The van der Waals surface area contributed by atoms with Gasteiger partial charge in [-0.05, 0) is 32.6 Å². The van der Waals surface area contributed by atoms with Crippen LogP contribution in [0, 0.1) is 5.92 Å². The second kappa shape index (κ2) is 5.80. The fourth-order valence-corrected chi connectivity index (χ4v) is 1.26. The third-order valence-corrected chi connectivity index (χ3v) is 2.30. The normalized spacial score (nSPS) is 19.2. The van der Waals surface area contributed by atoms with Gasteiger partial charge in [0.15, 0.2) is 0 Å². The third-order valence-electron chi connectivity index (χ3n) is 2.30. The first-order valence-corrected chi connectivity index (χ1v) is 5.66. The molecule has 0 aromatic heterocycles. The fraction of sp³-hybridized carbons (Fsp3) is 1.00. The molecule has 0 bridgehead atoms. The average Bonchev–Trinajstić information content (AvgIpc) is 2.85. The Morgan fingerprint density at radius 1 is 1.47 bits per heavy atom. The van der Waals surface area contributed by atoms with Gasteiger partial charge in [-0.25, -0.2) is 0 Å². The van der Waals surface area contributed by atoms with Gasteiger partial charge in [0.25, 0.3) is 0 Å². The van der Waals surface area contributed by atoms with Crippen molar-refractivity contribution in [1.29, 1.82) is 0 Å². The standard InChI is InChI=1S/C11H23NO3/c1-11(2,14)8-12-5-10(13)7-15-6-9-3-4-9/h9-10,12-14H,3-8H2,1-2H3. The number of rotatable bonds is 8. The molecule has 0 amide bonds. The molecule has 1 aliphatic rings. The number of ether oxygens (including phenoxy) is 1. The minimum atomic E-state index is -0.728. The lowest BCUT2D eigenvalue weighted by Gasteiger charge is -2.19. The van der Waals surface area contributed by atoms with Crippen molar-refractivity contribution in [2.75, 3.05) is 26.3 Å². The van der Waals surface area contributed by atoms with Crippen LogP contribution in [0.25, 0.3) is 0 Å². The molecule has 0 aromatic carbocycles. The molecular formula is C11H23NO3. The summed E-state index contributed by atoms with van der Waals surface area (Å²) >= 11 is 0. The highest BCUT2D eigenvalue weighted by molar-refractivity contribution is 4.73. The van der Waals surface area contributed by atoms with Crippen LogP contribution in [0.3, 0.4) is 0 Å². The van der Waals surface area contributed by atoms with Gasteiger partial charge in [-0.3, -0.25) is 0 Å². The molecule has 4 nitrogen and oxygen atoms in total. The summed E-state index contributed by atoms with van der Waals surface area (Å²) in [6.07, 6.45) is 2.06. The topological polar surface area (TPSA) is 61.7 Å². The van der Waals surface area contributed by atoms with E-state index in [1.807, 2.05) is 0 Å². The molecule has 3 N–H and O–H groups in total. The molecule has 1 aliphatic carbocycles. The van der Waals surface area contributed by atoms with Gasteiger partial charge in [0.1, 0.15) is 0 Å². The van der Waals surface area contributed by atoms with Crippen molar-refractivity contribution in [3.63, 3.8) is 0 Å². The van der Waals surface area contributed by atoms with E-state index < -0.39 is 11.7 Å². The van der Waals surface area contributed by atoms with Gasteiger partial charge in [0.05, 0.1) is 18.3 Å². The SMILES string of the molecule is CC(C)(O)CNCC(O)COCC1CC1. The molecule has 0 heterocycles. The molecule has 15 heavy (non-hydrogen) atoms. The Bertz CT molecular complexity index is 175. The predicted octanol–water partition coefficient (Wildman–Crippen LogP) is 0.134. The van der Waals surface area contributed by atoms with Gasteiger partial charge < -0.3 is 20.3 Å². The van der Waals surface area contributed by atoms with Crippen LogP contribution in [0.5, 0.6) is 0 Å². The van der Waals surface area contributed by atoms with Crippen molar-refractivity contribution < 1.29 is 14.9 Å². The van der Waals surface area contributed by atoms with Crippen LogP contribution < -0.4 is 5.32 Å². The number of nitrogens with one attached hydrogen (secondary N) is 1. The zero-order chi connectivity index (χ0) is 11.3. The van der Waals surface area contributed by atoms with Gasteiger partial charge in [-0.15, -0.1) is 0 Å². The zero-order valence-corrected chi connectivity index (χ0v) is 9.70. The summed E-state index contributed by atoms with van der Waals surface area (Å²) in [6.45, 7) is 5.57. The first kappa shape index (κ1) is 12.9. The molecule has 0 spiro atoms. The van der Waals surface area contributed by atoms with Crippen molar-refractivity contribution in [2.45, 2.75) is 38.4 Å². The van der Waals surface area contributed by atoms with Crippen LogP contribution >= 0.6 is 0 Å². The number of aliphatic hydroxyl groups excluding tert-OH is 1. The van der Waals surface area contributed by atoms with Crippen molar-refractivity contribution in [2.24, 2.45) is 5.92 Å². The molecule has 1 saturated carbocycles. The molecule has 1 fully saturated rings. The van der Waals surface area contributed by atoms with E-state index in [-0.39, 0.29) is 0 Å². The Hall–Kier alpha value is -0.160. The van der Waals surface area contributed by atoms with E-state index >= 15 is 0 Å². The van der Waals surface area contributed by atoms with E-state index in [1.54, 1.807) is 13.8 Å². The van der Waals surface area contributed by atoms with Gasteiger partial charge in [-0.1, -0.05) is 0 Å². The van der Waals surface area contributed by atoms with Gasteiger partial charge in [-0.2, -0.15) is 0 Å². The van der Waals surface area contributed by atoms with Crippen LogP contribution in [0.4, 0.5) is 0 Å². The summed E-state index contributed by atoms with van der Waals surface area (Å²) in [7, 11) is 0. The Morgan fingerprint density at radius 3 is 2.67 bits per heavy atom. The summed E-state index contributed by atoms with van der Waals surface area (Å²) in [6, 6.07) is 0. The summed E-state index contributed by atoms with van der Waals surface area (Å²) in [5, 5.41) is 21.9. The minimum absolute atomic E-state index is 0.384. The molecule has 1 rings (SSSR count). The Balaban J connectivity index is 1.90. The maximum absolute atomic E-state index is 9.51. The minimum Gasteiger partial charge on any atom is -0.389 e. The van der Waals surface area contributed by atoms with E-state index in [4.69, 9.17) is 4.74 Å². The Labute approximate surface area is 91.6 Å². The van der Waals surface area contributed by atoms with E-state index in [0.29, 0.717) is 19.7 Å². The number of aliphatic hydroxyl groups is 2. The highest BCUT2D eigenvalue weighted by atomic mass is 16.5. The monoisotopic (exact) mass is 217 g/mol. The molecule has 1 unspecified atom stereocenters. The Morgan fingerprint density at radius 2 is 2.13 bits per heavy atom. The lowest BCUT2D eigenvalue weighted by atomic mass is 10.1. The van der Waals surface area contributed by atoms with Gasteiger partial charge in [0, 0.05) is 19.7 Å². The second-order valence-electron chi connectivity index (χ2n) is 5.08. The lowest BCUT2D eigenvalue weighted by molar-refractivity contribution is 0.0267. The van der Waals surface area contributed by atoms with Crippen molar-refractivity contribution in [3.05, 3.63) is 0 Å². The summed E-state index contributed by atoms with van der Waals surface area (Å²) < 4.78 is 5.35. The second-order valence-corrected chi connectivity index (χ2v) is 5.08. The molecule has 0 saturated heterocycles. The van der Waals surface area contributed by atoms with Crippen LogP contribution in [0.2, 0.25) is 0 Å². The predicted molar refractivity (Wildman–Crippen MR) is 58.7 cm³/mol. The summed E-state index contributed by atoms with van der Waals surface area (Å²) in [5.41, 5.74) is -0.728. The molecule has 1 atom stereocenters. The summed E-state index contributed by atoms with van der Waals surface area (Å²) in [5.74, 6) is 0.738. The molecule has 0 radical (unpaired) electrons. The highest BCUT2D eigenvalue weighted by Crippen LogP contribution is 2.28. The zero-order valence-electron chi connectivity index (χ0n) is 9.70. The molecule has 4 heteroatoms. The van der Waals surface area contributed by atoms with E-state index in [0.717, 1.165) is 12.5 Å². The highest BCUT2D eigenvalue weighted by Gasteiger charge is 2.21. The maximum Gasteiger partial charge on any atom is 0.0897 e. The fourth-order valence-electron chi connectivity index (χ4n) is 1.26. The van der Waals surface area contributed by atoms with E-state index in [9.17, 15) is 10.2 Å². The summed E-state index contributed by atoms with van der Waals surface area (Å²) in [4.78, 5) is 0. The molecule has 0 aliphatic heterocycles. The number of hydrogen-bond acceptors (Lipinski definition) is 4. The average molecular weight is 217 g/mol. The molecule has 0 aromatic rings. The van der Waals surface area contributed by atoms with Crippen LogP contribution in [0.1, 0.15) is 26.7 Å². The van der Waals surface area contributed by atoms with Crippen LogP contribution in [-0.4, -0.2) is 48.2 Å². The lowest BCUT2D eigenvalue weighted by Crippen LogP contribution is -2.39. The van der Waals surface area contributed by atoms with Crippen molar-refractivity contribution >= 4 is 0 Å². The maximum atomic E-state index is 9.51. The van der Waals surface area contributed by atoms with Gasteiger partial charge >= 0.3 is 0 Å². The van der Waals surface area contributed by atoms with E-state index in [2.05, 4.69) is 5.32 Å². The quantitative estimate of drug-likeness (QED) is 0.541. The molecular weight excluding hydrogens is 194 g/mol. The van der Waals surface area contributed by atoms with Crippen molar-refractivity contribution in [3.8, 4) is 0 Å². The van der Waals surface area contributed by atoms with Crippen molar-refractivity contribution in [1.82, 2.24) is 5.32 Å². The van der Waals surface area contributed by atoms with Crippen LogP contribution in [0.15, 0.2) is 0 Å². The van der Waals surface area contributed by atoms with Gasteiger partial charge in [0.2, 0.25) is 0 Å². The van der Waals surface area contributed by atoms with E-state index in [1.165, 1.54) is 12.8 Å². The number of hydrogen-bond donors (Lipinski definition) is 3. The Kier molecular flexibility index (Phi) is 4.99. The largest absolute Gasteiger partial charge is 0.389 e.